The molecule has 0 aromatic heterocycles. The molecule has 2 heterocycles. The van der Waals surface area contributed by atoms with Gasteiger partial charge in [0.15, 0.2) is 0 Å². The molecule has 2 aliphatic heterocycles. The van der Waals surface area contributed by atoms with Crippen LogP contribution < -0.4 is 10.6 Å². The van der Waals surface area contributed by atoms with Crippen molar-refractivity contribution in [1.29, 1.82) is 0 Å². The zero-order chi connectivity index (χ0) is 22.0. The number of carbonyl (C=O) groups excluding carboxylic acids is 1. The Morgan fingerprint density at radius 2 is 1.94 bits per heavy atom. The molecule has 162 valence electrons. The highest BCUT2D eigenvalue weighted by Gasteiger charge is 2.34. The van der Waals surface area contributed by atoms with Gasteiger partial charge in [0.1, 0.15) is 12.3 Å². The molecular formula is C23H25BrN4O3. The third-order valence-electron chi connectivity index (χ3n) is 5.37. The Bertz CT molecular complexity index is 1070. The van der Waals surface area contributed by atoms with E-state index in [-0.39, 0.29) is 12.0 Å². The van der Waals surface area contributed by atoms with E-state index in [4.69, 9.17) is 4.84 Å². The maximum absolute atomic E-state index is 12.8. The predicted octanol–water partition coefficient (Wildman–Crippen LogP) is 3.66. The maximum atomic E-state index is 12.8. The second-order valence-electron chi connectivity index (χ2n) is 7.66. The van der Waals surface area contributed by atoms with Crippen LogP contribution >= 0.6 is 15.9 Å². The third-order valence-corrected chi connectivity index (χ3v) is 5.86. The SMILES string of the molecule is CCC(O)CN(C)CCO/N=C1/C(=C2/C(=O)Nc3ccc(Br)cc32)Nc2ccccc21. The van der Waals surface area contributed by atoms with Gasteiger partial charge in [0.2, 0.25) is 0 Å². The lowest BCUT2D eigenvalue weighted by Gasteiger charge is -2.18. The van der Waals surface area contributed by atoms with Crippen LogP contribution in [0.3, 0.4) is 0 Å². The Morgan fingerprint density at radius 1 is 1.16 bits per heavy atom. The van der Waals surface area contributed by atoms with Gasteiger partial charge in [-0.05, 0) is 37.7 Å². The summed E-state index contributed by atoms with van der Waals surface area (Å²) in [6.45, 7) is 3.54. The van der Waals surface area contributed by atoms with E-state index in [0.29, 0.717) is 43.1 Å². The number of oxime groups is 1. The lowest BCUT2D eigenvalue weighted by Crippen LogP contribution is -2.31. The second kappa shape index (κ2) is 9.21. The zero-order valence-corrected chi connectivity index (χ0v) is 19.1. The number of halogens is 1. The van der Waals surface area contributed by atoms with E-state index in [9.17, 15) is 9.90 Å². The first-order chi connectivity index (χ1) is 15.0. The van der Waals surface area contributed by atoms with Crippen molar-refractivity contribution >= 4 is 44.5 Å². The van der Waals surface area contributed by atoms with Crippen LogP contribution in [0.2, 0.25) is 0 Å². The number of amides is 1. The van der Waals surface area contributed by atoms with Gasteiger partial charge in [-0.2, -0.15) is 0 Å². The molecule has 2 aromatic rings. The molecule has 8 heteroatoms. The summed E-state index contributed by atoms with van der Waals surface area (Å²) in [5.41, 5.74) is 5.12. The lowest BCUT2D eigenvalue weighted by atomic mass is 10.0. The Labute approximate surface area is 189 Å². The number of aliphatic hydroxyl groups is 1. The Hall–Kier alpha value is -2.68. The van der Waals surface area contributed by atoms with Crippen LogP contribution in [0.25, 0.3) is 5.57 Å². The number of para-hydroxylation sites is 1. The molecule has 0 aliphatic carbocycles. The molecule has 4 rings (SSSR count). The zero-order valence-electron chi connectivity index (χ0n) is 17.5. The molecule has 1 amide bonds. The van der Waals surface area contributed by atoms with Crippen LogP contribution in [-0.4, -0.2) is 54.5 Å². The van der Waals surface area contributed by atoms with Gasteiger partial charge in [0.25, 0.3) is 5.91 Å². The second-order valence-corrected chi connectivity index (χ2v) is 8.58. The largest absolute Gasteiger partial charge is 0.394 e. The van der Waals surface area contributed by atoms with Gasteiger partial charge >= 0.3 is 0 Å². The summed E-state index contributed by atoms with van der Waals surface area (Å²) >= 11 is 3.49. The lowest BCUT2D eigenvalue weighted by molar-refractivity contribution is -0.110. The molecule has 1 unspecified atom stereocenters. The van der Waals surface area contributed by atoms with E-state index in [1.54, 1.807) is 0 Å². The number of aliphatic hydroxyl groups excluding tert-OH is 1. The van der Waals surface area contributed by atoms with Crippen LogP contribution in [0.1, 0.15) is 24.5 Å². The fourth-order valence-electron chi connectivity index (χ4n) is 3.68. The average molecular weight is 485 g/mol. The van der Waals surface area contributed by atoms with Crippen LogP contribution in [-0.2, 0) is 9.63 Å². The van der Waals surface area contributed by atoms with E-state index in [2.05, 4.69) is 31.7 Å². The predicted molar refractivity (Wildman–Crippen MR) is 126 cm³/mol. The first kappa shape index (κ1) is 21.5. The number of anilines is 2. The molecule has 0 spiro atoms. The summed E-state index contributed by atoms with van der Waals surface area (Å²) < 4.78 is 0.892. The van der Waals surface area contributed by atoms with Crippen molar-refractivity contribution in [1.82, 2.24) is 4.90 Å². The quantitative estimate of drug-likeness (QED) is 0.317. The summed E-state index contributed by atoms with van der Waals surface area (Å²) in [6, 6.07) is 13.5. The third kappa shape index (κ3) is 4.51. The number of nitrogens with zero attached hydrogens (tertiary/aromatic N) is 2. The highest BCUT2D eigenvalue weighted by molar-refractivity contribution is 9.10. The first-order valence-electron chi connectivity index (χ1n) is 10.3. The minimum Gasteiger partial charge on any atom is -0.394 e. The normalized spacial score (nSPS) is 19.3. The molecule has 7 nitrogen and oxygen atoms in total. The number of nitrogens with one attached hydrogen (secondary N) is 2. The number of carbonyl (C=O) groups is 1. The maximum Gasteiger partial charge on any atom is 0.258 e. The molecule has 0 saturated carbocycles. The van der Waals surface area contributed by atoms with E-state index in [0.717, 1.165) is 27.0 Å². The van der Waals surface area contributed by atoms with Gasteiger partial charge in [-0.25, -0.2) is 0 Å². The Kier molecular flexibility index (Phi) is 6.41. The number of hydrogen-bond acceptors (Lipinski definition) is 6. The van der Waals surface area contributed by atoms with Crippen molar-refractivity contribution in [2.45, 2.75) is 19.4 Å². The summed E-state index contributed by atoms with van der Waals surface area (Å²) in [5.74, 6) is -0.176. The monoisotopic (exact) mass is 484 g/mol. The molecule has 2 aromatic carbocycles. The average Bonchev–Trinajstić information content (AvgIpc) is 3.27. The van der Waals surface area contributed by atoms with Gasteiger partial charge in [-0.1, -0.05) is 46.2 Å². The topological polar surface area (TPSA) is 86.2 Å². The van der Waals surface area contributed by atoms with Crippen molar-refractivity contribution in [3.05, 3.63) is 63.8 Å². The molecule has 0 bridgehead atoms. The summed E-state index contributed by atoms with van der Waals surface area (Å²) in [6.07, 6.45) is 0.367. The van der Waals surface area contributed by atoms with Gasteiger partial charge in [-0.3, -0.25) is 4.79 Å². The van der Waals surface area contributed by atoms with Crippen molar-refractivity contribution < 1.29 is 14.7 Å². The molecule has 2 aliphatic rings. The number of hydrogen-bond donors (Lipinski definition) is 3. The number of fused-ring (bicyclic) bond motifs is 2. The molecule has 0 fully saturated rings. The highest BCUT2D eigenvalue weighted by Crippen LogP contribution is 2.40. The molecule has 0 radical (unpaired) electrons. The van der Waals surface area contributed by atoms with E-state index in [1.807, 2.05) is 61.3 Å². The molecular weight excluding hydrogens is 460 g/mol. The number of benzene rings is 2. The Morgan fingerprint density at radius 3 is 2.74 bits per heavy atom. The molecule has 3 N–H and O–H groups in total. The standard InChI is InChI=1S/C23H25BrN4O3/c1-3-15(29)13-28(2)10-11-31-27-21-16-6-4-5-7-18(16)25-22(21)20-17-12-14(24)8-9-19(17)26-23(20)30/h4-9,12,15,25,29H,3,10-11,13H2,1-2H3,(H,26,30)/b22-20-,27-21+. The summed E-state index contributed by atoms with van der Waals surface area (Å²) in [5, 5.41) is 20.5. The van der Waals surface area contributed by atoms with Crippen LogP contribution in [0.15, 0.2) is 57.8 Å². The first-order valence-corrected chi connectivity index (χ1v) is 11.1. The van der Waals surface area contributed by atoms with Gasteiger partial charge in [0.05, 0.1) is 17.4 Å². The van der Waals surface area contributed by atoms with Crippen LogP contribution in [0, 0.1) is 0 Å². The van der Waals surface area contributed by atoms with E-state index >= 15 is 0 Å². The van der Waals surface area contributed by atoms with Gasteiger partial charge in [0, 0.05) is 40.1 Å². The van der Waals surface area contributed by atoms with E-state index < -0.39 is 0 Å². The van der Waals surface area contributed by atoms with Gasteiger partial charge in [-0.15, -0.1) is 0 Å². The molecule has 1 atom stereocenters. The van der Waals surface area contributed by atoms with Crippen molar-refractivity contribution in [3.8, 4) is 0 Å². The minimum atomic E-state index is -0.348. The van der Waals surface area contributed by atoms with Crippen LogP contribution in [0.5, 0.6) is 0 Å². The van der Waals surface area contributed by atoms with Crippen LogP contribution in [0.4, 0.5) is 11.4 Å². The molecule has 31 heavy (non-hydrogen) atoms. The summed E-state index contributed by atoms with van der Waals surface area (Å²) in [7, 11) is 1.94. The van der Waals surface area contributed by atoms with Crippen molar-refractivity contribution in [2.24, 2.45) is 5.16 Å². The van der Waals surface area contributed by atoms with E-state index in [1.165, 1.54) is 0 Å². The number of likely N-dealkylation sites (N-methyl/N-ethyl adjacent to an activating group) is 1. The van der Waals surface area contributed by atoms with Crippen molar-refractivity contribution in [2.75, 3.05) is 37.4 Å². The van der Waals surface area contributed by atoms with Crippen molar-refractivity contribution in [3.63, 3.8) is 0 Å². The minimum absolute atomic E-state index is 0.176. The summed E-state index contributed by atoms with van der Waals surface area (Å²) in [4.78, 5) is 20.5. The fraction of sp³-hybridized carbons (Fsp3) is 0.304. The fourth-order valence-corrected chi connectivity index (χ4v) is 4.04. The highest BCUT2D eigenvalue weighted by atomic mass is 79.9. The Balaban J connectivity index is 1.62. The smallest absolute Gasteiger partial charge is 0.258 e. The van der Waals surface area contributed by atoms with Gasteiger partial charge < -0.3 is 25.5 Å². The number of allylic oxidation sites excluding steroid dienone is 1. The molecule has 0 saturated heterocycles. The number of rotatable bonds is 7.